The lowest BCUT2D eigenvalue weighted by atomic mass is 10.1. The van der Waals surface area contributed by atoms with Crippen LogP contribution in [0.15, 0.2) is 23.2 Å². The first kappa shape index (κ1) is 20.8. The van der Waals surface area contributed by atoms with E-state index in [0.717, 1.165) is 18.2 Å². The van der Waals surface area contributed by atoms with E-state index < -0.39 is 48.4 Å². The summed E-state index contributed by atoms with van der Waals surface area (Å²) >= 11 is 0. The number of hydrogen-bond donors (Lipinski definition) is 2. The predicted molar refractivity (Wildman–Crippen MR) is 84.7 cm³/mol. The van der Waals surface area contributed by atoms with E-state index in [2.05, 4.69) is 4.99 Å². The molecule has 1 fully saturated rings. The highest BCUT2D eigenvalue weighted by Gasteiger charge is 2.36. The quantitative estimate of drug-likeness (QED) is 0.436. The molecule has 2 rings (SSSR count). The molecule has 0 saturated heterocycles. The maximum Gasteiger partial charge on any atom is 0.397 e. The van der Waals surface area contributed by atoms with Crippen LogP contribution < -0.4 is 11.1 Å². The van der Waals surface area contributed by atoms with Crippen molar-refractivity contribution in [1.29, 1.82) is 0 Å². The minimum absolute atomic E-state index is 0.202. The molecule has 1 aromatic carbocycles. The van der Waals surface area contributed by atoms with E-state index >= 15 is 0 Å². The van der Waals surface area contributed by atoms with Crippen LogP contribution in [-0.4, -0.2) is 30.6 Å². The third kappa shape index (κ3) is 6.33. The fourth-order valence-electron chi connectivity index (χ4n) is 2.27. The molecule has 150 valence electrons. The standard InChI is InChI=1S/C16H17F6N3O2/c1-7-4-11(7)27-15(23)25-13(14(18)19)9-5-8(2-3-10(9)17)24-12(26)6-16(20,21)22/h2-3,5,7,11,13-14H,4,6H2,1H3,(H2,23,25)(H,24,26)/t7-,11+,13?/m0/s1. The van der Waals surface area contributed by atoms with Crippen molar-refractivity contribution in [3.63, 3.8) is 0 Å². The predicted octanol–water partition coefficient (Wildman–Crippen LogP) is 3.76. The molecule has 0 aromatic heterocycles. The van der Waals surface area contributed by atoms with Gasteiger partial charge in [-0.1, -0.05) is 6.92 Å². The van der Waals surface area contributed by atoms with Gasteiger partial charge in [-0.3, -0.25) is 4.79 Å². The fourth-order valence-corrected chi connectivity index (χ4v) is 2.27. The average Bonchev–Trinajstić information content (AvgIpc) is 3.19. The van der Waals surface area contributed by atoms with Gasteiger partial charge in [0.2, 0.25) is 5.91 Å². The first-order chi connectivity index (χ1) is 12.5. The van der Waals surface area contributed by atoms with Crippen LogP contribution in [0, 0.1) is 11.7 Å². The van der Waals surface area contributed by atoms with Crippen LogP contribution in [0.25, 0.3) is 0 Å². The first-order valence-electron chi connectivity index (χ1n) is 7.90. The Morgan fingerprint density at radius 2 is 2.04 bits per heavy atom. The summed E-state index contributed by atoms with van der Waals surface area (Å²) < 4.78 is 82.4. The number of carbonyl (C=O) groups is 1. The van der Waals surface area contributed by atoms with E-state index in [4.69, 9.17) is 10.5 Å². The number of alkyl halides is 5. The number of halogens is 6. The minimum atomic E-state index is -4.74. The van der Waals surface area contributed by atoms with Crippen LogP contribution >= 0.6 is 0 Å². The lowest BCUT2D eigenvalue weighted by molar-refractivity contribution is -0.150. The molecule has 0 heterocycles. The van der Waals surface area contributed by atoms with Crippen molar-refractivity contribution < 1.29 is 35.9 Å². The summed E-state index contributed by atoms with van der Waals surface area (Å²) in [6.45, 7) is 1.86. The van der Waals surface area contributed by atoms with Gasteiger partial charge in [-0.25, -0.2) is 18.2 Å². The lowest BCUT2D eigenvalue weighted by Crippen LogP contribution is -2.23. The number of hydrogen-bond acceptors (Lipinski definition) is 3. The van der Waals surface area contributed by atoms with E-state index in [-0.39, 0.29) is 17.7 Å². The van der Waals surface area contributed by atoms with Gasteiger partial charge >= 0.3 is 6.18 Å². The highest BCUT2D eigenvalue weighted by molar-refractivity contribution is 5.91. The number of rotatable bonds is 6. The van der Waals surface area contributed by atoms with Gasteiger partial charge in [0.25, 0.3) is 12.4 Å². The Bertz CT molecular complexity index is 723. The molecule has 0 bridgehead atoms. The minimum Gasteiger partial charge on any atom is -0.462 e. The monoisotopic (exact) mass is 397 g/mol. The van der Waals surface area contributed by atoms with Gasteiger partial charge in [0.1, 0.15) is 24.4 Å². The van der Waals surface area contributed by atoms with Gasteiger partial charge in [0.05, 0.1) is 0 Å². The number of nitrogens with zero attached hydrogens (tertiary/aromatic N) is 1. The number of carbonyl (C=O) groups excluding carboxylic acids is 1. The van der Waals surface area contributed by atoms with Crippen molar-refractivity contribution in [3.8, 4) is 0 Å². The number of anilines is 1. The highest BCUT2D eigenvalue weighted by atomic mass is 19.4. The normalized spacial score (nSPS) is 21.1. The molecule has 5 nitrogen and oxygen atoms in total. The van der Waals surface area contributed by atoms with Gasteiger partial charge in [-0.2, -0.15) is 13.2 Å². The highest BCUT2D eigenvalue weighted by Crippen LogP contribution is 2.34. The van der Waals surface area contributed by atoms with Gasteiger partial charge in [-0.05, 0) is 30.5 Å². The maximum absolute atomic E-state index is 14.0. The van der Waals surface area contributed by atoms with Crippen molar-refractivity contribution >= 4 is 17.6 Å². The Morgan fingerprint density at radius 3 is 2.56 bits per heavy atom. The number of amidine groups is 1. The smallest absolute Gasteiger partial charge is 0.397 e. The molecule has 1 saturated carbocycles. The summed E-state index contributed by atoms with van der Waals surface area (Å²) in [5, 5.41) is 1.88. The number of ether oxygens (including phenoxy) is 1. The number of nitrogens with one attached hydrogen (secondary N) is 1. The molecule has 27 heavy (non-hydrogen) atoms. The summed E-state index contributed by atoms with van der Waals surface area (Å²) in [4.78, 5) is 14.8. The Kier molecular flexibility index (Phi) is 6.22. The molecular formula is C16H17F6N3O2. The zero-order chi connectivity index (χ0) is 20.4. The van der Waals surface area contributed by atoms with Crippen LogP contribution in [0.5, 0.6) is 0 Å². The topological polar surface area (TPSA) is 76.7 Å². The zero-order valence-electron chi connectivity index (χ0n) is 14.1. The van der Waals surface area contributed by atoms with Gasteiger partial charge < -0.3 is 15.8 Å². The summed E-state index contributed by atoms with van der Waals surface area (Å²) in [5.41, 5.74) is 4.55. The van der Waals surface area contributed by atoms with E-state index in [9.17, 15) is 31.1 Å². The largest absolute Gasteiger partial charge is 0.462 e. The Balaban J connectivity index is 2.20. The number of amides is 1. The van der Waals surface area contributed by atoms with E-state index in [1.165, 1.54) is 0 Å². The van der Waals surface area contributed by atoms with Crippen LogP contribution in [0.3, 0.4) is 0 Å². The second kappa shape index (κ2) is 8.05. The average molecular weight is 397 g/mol. The molecule has 1 amide bonds. The summed E-state index contributed by atoms with van der Waals surface area (Å²) in [7, 11) is 0. The van der Waals surface area contributed by atoms with Crippen molar-refractivity contribution in [3.05, 3.63) is 29.6 Å². The van der Waals surface area contributed by atoms with E-state index in [0.29, 0.717) is 6.42 Å². The van der Waals surface area contributed by atoms with Crippen LogP contribution in [-0.2, 0) is 9.53 Å². The SMILES string of the molecule is C[C@H]1C[C@H]1OC(N)=NC(c1cc(NC(=O)CC(F)(F)F)ccc1F)C(F)F. The van der Waals surface area contributed by atoms with Crippen molar-refractivity contribution in [1.82, 2.24) is 0 Å². The number of benzene rings is 1. The lowest BCUT2D eigenvalue weighted by Gasteiger charge is -2.16. The molecule has 1 unspecified atom stereocenters. The van der Waals surface area contributed by atoms with Gasteiger partial charge in [0.15, 0.2) is 0 Å². The van der Waals surface area contributed by atoms with Gasteiger partial charge in [0, 0.05) is 11.3 Å². The number of aliphatic imine (C=N–C) groups is 1. The molecule has 1 aliphatic rings. The third-order valence-electron chi connectivity index (χ3n) is 3.77. The van der Waals surface area contributed by atoms with E-state index in [1.807, 2.05) is 12.2 Å². The molecule has 11 heteroatoms. The Labute approximate surface area is 150 Å². The van der Waals surface area contributed by atoms with Crippen molar-refractivity contribution in [2.75, 3.05) is 5.32 Å². The molecule has 1 aromatic rings. The molecule has 0 radical (unpaired) electrons. The molecular weight excluding hydrogens is 380 g/mol. The molecule has 0 spiro atoms. The second-order valence-corrected chi connectivity index (χ2v) is 6.19. The second-order valence-electron chi connectivity index (χ2n) is 6.19. The number of nitrogens with two attached hydrogens (primary N) is 1. The van der Waals surface area contributed by atoms with Gasteiger partial charge in [-0.15, -0.1) is 0 Å². The van der Waals surface area contributed by atoms with Crippen molar-refractivity contribution in [2.24, 2.45) is 16.6 Å². The molecule has 0 aliphatic heterocycles. The van der Waals surface area contributed by atoms with Crippen LogP contribution in [0.2, 0.25) is 0 Å². The molecule has 3 N–H and O–H groups in total. The Hall–Kier alpha value is -2.46. The van der Waals surface area contributed by atoms with Crippen LogP contribution in [0.4, 0.5) is 32.0 Å². The first-order valence-corrected chi connectivity index (χ1v) is 7.90. The summed E-state index contributed by atoms with van der Waals surface area (Å²) in [6, 6.07) is -0.107. The zero-order valence-corrected chi connectivity index (χ0v) is 14.1. The summed E-state index contributed by atoms with van der Waals surface area (Å²) in [5.74, 6) is -2.29. The fraction of sp³-hybridized carbons (Fsp3) is 0.500. The van der Waals surface area contributed by atoms with Crippen molar-refractivity contribution in [2.45, 2.75) is 44.5 Å². The molecule has 1 aliphatic carbocycles. The third-order valence-corrected chi connectivity index (χ3v) is 3.77. The summed E-state index contributed by atoms with van der Waals surface area (Å²) in [6.07, 6.45) is -9.24. The molecule has 3 atom stereocenters. The maximum atomic E-state index is 14.0. The Morgan fingerprint density at radius 1 is 1.41 bits per heavy atom. The van der Waals surface area contributed by atoms with Crippen LogP contribution in [0.1, 0.15) is 31.4 Å². The van der Waals surface area contributed by atoms with E-state index in [1.54, 1.807) is 0 Å².